The summed E-state index contributed by atoms with van der Waals surface area (Å²) >= 11 is 5.99. The van der Waals surface area contributed by atoms with Gasteiger partial charge in [-0.05, 0) is 12.1 Å². The number of pyridine rings is 1. The lowest BCUT2D eigenvalue weighted by Crippen LogP contribution is -2.14. The zero-order valence-corrected chi connectivity index (χ0v) is 12.1. The second-order valence-corrected chi connectivity index (χ2v) is 4.42. The number of carbonyl (C=O) groups excluding carboxylic acids is 1. The summed E-state index contributed by atoms with van der Waals surface area (Å²) in [6, 6.07) is 5.95. The summed E-state index contributed by atoms with van der Waals surface area (Å²) in [5.41, 5.74) is 0.266. The molecule has 0 aliphatic rings. The summed E-state index contributed by atoms with van der Waals surface area (Å²) in [6.07, 6.45) is 1.41. The molecule has 7 heteroatoms. The minimum absolute atomic E-state index is 0.0894. The summed E-state index contributed by atoms with van der Waals surface area (Å²) in [7, 11) is 2.91. The maximum Gasteiger partial charge on any atom is 0.278 e. The number of nitrogens with zero attached hydrogens (tertiary/aromatic N) is 1. The van der Waals surface area contributed by atoms with Crippen LogP contribution in [0.1, 0.15) is 10.5 Å². The van der Waals surface area contributed by atoms with Gasteiger partial charge < -0.3 is 19.9 Å². The van der Waals surface area contributed by atoms with Gasteiger partial charge in [-0.3, -0.25) is 4.79 Å². The van der Waals surface area contributed by atoms with Gasteiger partial charge in [0.25, 0.3) is 5.91 Å². The third kappa shape index (κ3) is 3.17. The van der Waals surface area contributed by atoms with Gasteiger partial charge in [0, 0.05) is 18.3 Å². The highest BCUT2D eigenvalue weighted by Crippen LogP contribution is 2.36. The third-order valence-corrected chi connectivity index (χ3v) is 3.02. The van der Waals surface area contributed by atoms with E-state index in [0.717, 1.165) is 0 Å². The van der Waals surface area contributed by atoms with Crippen molar-refractivity contribution in [3.63, 3.8) is 0 Å². The predicted octanol–water partition coefficient (Wildman–Crippen LogP) is 2.71. The van der Waals surface area contributed by atoms with Gasteiger partial charge in [0.05, 0.1) is 24.9 Å². The number of benzene rings is 1. The number of aromatic hydroxyl groups is 1. The van der Waals surface area contributed by atoms with Crippen molar-refractivity contribution in [3.05, 3.63) is 41.2 Å². The molecule has 110 valence electrons. The maximum atomic E-state index is 12.1. The molecule has 6 nitrogen and oxygen atoms in total. The van der Waals surface area contributed by atoms with Crippen molar-refractivity contribution in [2.45, 2.75) is 0 Å². The first-order chi connectivity index (χ1) is 10.1. The molecule has 1 amide bonds. The predicted molar refractivity (Wildman–Crippen MR) is 78.4 cm³/mol. The van der Waals surface area contributed by atoms with Crippen LogP contribution in [-0.4, -0.2) is 30.2 Å². The minimum Gasteiger partial charge on any atom is -0.505 e. The van der Waals surface area contributed by atoms with Crippen LogP contribution in [0.2, 0.25) is 5.02 Å². The van der Waals surface area contributed by atoms with Crippen molar-refractivity contribution in [1.82, 2.24) is 4.98 Å². The normalized spacial score (nSPS) is 10.0. The molecule has 0 aliphatic heterocycles. The first kappa shape index (κ1) is 14.9. The van der Waals surface area contributed by atoms with Crippen LogP contribution < -0.4 is 14.8 Å². The van der Waals surface area contributed by atoms with E-state index in [1.807, 2.05) is 0 Å². The van der Waals surface area contributed by atoms with Crippen LogP contribution in [0.3, 0.4) is 0 Å². The van der Waals surface area contributed by atoms with E-state index in [4.69, 9.17) is 21.1 Å². The summed E-state index contributed by atoms with van der Waals surface area (Å²) < 4.78 is 10.2. The molecule has 2 rings (SSSR count). The fourth-order valence-electron chi connectivity index (χ4n) is 1.71. The summed E-state index contributed by atoms with van der Waals surface area (Å²) in [5, 5.41) is 12.6. The molecule has 0 saturated heterocycles. The molecule has 1 aromatic carbocycles. The van der Waals surface area contributed by atoms with Crippen molar-refractivity contribution in [1.29, 1.82) is 0 Å². The van der Waals surface area contributed by atoms with E-state index < -0.39 is 5.91 Å². The van der Waals surface area contributed by atoms with Crippen molar-refractivity contribution in [2.75, 3.05) is 19.5 Å². The number of carbonyl (C=O) groups is 1. The van der Waals surface area contributed by atoms with Gasteiger partial charge >= 0.3 is 0 Å². The second-order valence-electron chi connectivity index (χ2n) is 4.01. The first-order valence-corrected chi connectivity index (χ1v) is 6.31. The van der Waals surface area contributed by atoms with Gasteiger partial charge in [0.15, 0.2) is 5.69 Å². The number of nitrogens with one attached hydrogen (secondary N) is 1. The fraction of sp³-hybridized carbons (Fsp3) is 0.143. The molecular weight excluding hydrogens is 296 g/mol. The van der Waals surface area contributed by atoms with E-state index in [0.29, 0.717) is 22.2 Å². The SMILES string of the molecule is COc1cc(NC(=O)c2ncccc2O)c(OC)cc1Cl. The standard InChI is InChI=1S/C14H13ClN2O4/c1-20-11-7-9(12(21-2)6-8(11)15)17-14(19)13-10(18)4-3-5-16-13/h3-7,18H,1-2H3,(H,17,19). The van der Waals surface area contributed by atoms with Crippen LogP contribution in [0.25, 0.3) is 0 Å². The van der Waals surface area contributed by atoms with Crippen molar-refractivity contribution in [2.24, 2.45) is 0 Å². The highest BCUT2D eigenvalue weighted by atomic mass is 35.5. The topological polar surface area (TPSA) is 80.7 Å². The van der Waals surface area contributed by atoms with Crippen LogP contribution >= 0.6 is 11.6 Å². The molecule has 0 fully saturated rings. The maximum absolute atomic E-state index is 12.1. The van der Waals surface area contributed by atoms with Gasteiger partial charge in [-0.25, -0.2) is 4.98 Å². The number of aromatic nitrogens is 1. The lowest BCUT2D eigenvalue weighted by atomic mass is 10.2. The van der Waals surface area contributed by atoms with Crippen LogP contribution in [0.5, 0.6) is 17.2 Å². The molecule has 1 aromatic heterocycles. The number of anilines is 1. The molecule has 0 aliphatic carbocycles. The lowest BCUT2D eigenvalue weighted by molar-refractivity contribution is 0.101. The van der Waals surface area contributed by atoms with Gasteiger partial charge in [-0.15, -0.1) is 0 Å². The van der Waals surface area contributed by atoms with E-state index in [1.54, 1.807) is 0 Å². The Morgan fingerprint density at radius 2 is 2.00 bits per heavy atom. The molecule has 0 saturated carbocycles. The van der Waals surface area contributed by atoms with Gasteiger partial charge in [-0.2, -0.15) is 0 Å². The van der Waals surface area contributed by atoms with Gasteiger partial charge in [0.1, 0.15) is 17.2 Å². The number of amides is 1. The molecule has 2 N–H and O–H groups in total. The highest BCUT2D eigenvalue weighted by molar-refractivity contribution is 6.32. The fourth-order valence-corrected chi connectivity index (χ4v) is 1.94. The van der Waals surface area contributed by atoms with Crippen molar-refractivity contribution < 1.29 is 19.4 Å². The molecule has 2 aromatic rings. The number of rotatable bonds is 4. The second kappa shape index (κ2) is 6.32. The third-order valence-electron chi connectivity index (χ3n) is 2.72. The van der Waals surface area contributed by atoms with Crippen LogP contribution in [0.15, 0.2) is 30.5 Å². The summed E-state index contributed by atoms with van der Waals surface area (Å²) in [4.78, 5) is 16.0. The Morgan fingerprint density at radius 1 is 1.29 bits per heavy atom. The monoisotopic (exact) mass is 308 g/mol. The smallest absolute Gasteiger partial charge is 0.278 e. The number of ether oxygens (including phenoxy) is 2. The largest absolute Gasteiger partial charge is 0.505 e. The van der Waals surface area contributed by atoms with Gasteiger partial charge in [-0.1, -0.05) is 11.6 Å². The number of hydrogen-bond acceptors (Lipinski definition) is 5. The average Bonchev–Trinajstić information content (AvgIpc) is 2.48. The number of halogens is 1. The molecule has 0 bridgehead atoms. The molecular formula is C14H13ClN2O4. The van der Waals surface area contributed by atoms with E-state index in [9.17, 15) is 9.90 Å². The van der Waals surface area contributed by atoms with Crippen LogP contribution in [0.4, 0.5) is 5.69 Å². The minimum atomic E-state index is -0.573. The average molecular weight is 309 g/mol. The Morgan fingerprint density at radius 3 is 2.62 bits per heavy atom. The Kier molecular flexibility index (Phi) is 4.49. The summed E-state index contributed by atoms with van der Waals surface area (Å²) in [5.74, 6) is -0.0340. The van der Waals surface area contributed by atoms with E-state index in [-0.39, 0.29) is 11.4 Å². The quantitative estimate of drug-likeness (QED) is 0.907. The van der Waals surface area contributed by atoms with E-state index >= 15 is 0 Å². The Labute approximate surface area is 126 Å². The zero-order valence-electron chi connectivity index (χ0n) is 11.4. The number of hydrogen-bond donors (Lipinski definition) is 2. The Balaban J connectivity index is 2.35. The molecule has 0 radical (unpaired) electrons. The Bertz CT molecular complexity index is 676. The summed E-state index contributed by atoms with van der Waals surface area (Å²) in [6.45, 7) is 0. The van der Waals surface area contributed by atoms with Gasteiger partial charge in [0.2, 0.25) is 0 Å². The Hall–Kier alpha value is -2.47. The zero-order chi connectivity index (χ0) is 15.4. The highest BCUT2D eigenvalue weighted by Gasteiger charge is 2.16. The molecule has 0 atom stereocenters. The molecule has 21 heavy (non-hydrogen) atoms. The molecule has 0 spiro atoms. The first-order valence-electron chi connectivity index (χ1n) is 5.93. The number of methoxy groups -OCH3 is 2. The van der Waals surface area contributed by atoms with Crippen molar-refractivity contribution >= 4 is 23.2 Å². The van der Waals surface area contributed by atoms with E-state index in [2.05, 4.69) is 10.3 Å². The molecule has 1 heterocycles. The van der Waals surface area contributed by atoms with E-state index in [1.165, 1.54) is 44.7 Å². The van der Waals surface area contributed by atoms with Crippen LogP contribution in [0, 0.1) is 0 Å². The van der Waals surface area contributed by atoms with Crippen LogP contribution in [-0.2, 0) is 0 Å². The van der Waals surface area contributed by atoms with Crippen molar-refractivity contribution in [3.8, 4) is 17.2 Å². The molecule has 0 unspecified atom stereocenters. The lowest BCUT2D eigenvalue weighted by Gasteiger charge is -2.13.